The van der Waals surface area contributed by atoms with Gasteiger partial charge in [0.05, 0.1) is 11.2 Å². The van der Waals surface area contributed by atoms with E-state index in [1.807, 2.05) is 30.3 Å². The number of nitrogens with one attached hydrogen (secondary N) is 1. The number of carbonyl (C=O) groups is 1. The molecular formula is C21H18N4O5S. The largest absolute Gasteiger partial charge is 0.459 e. The zero-order valence-electron chi connectivity index (χ0n) is 16.4. The van der Waals surface area contributed by atoms with Gasteiger partial charge in [-0.05, 0) is 42.0 Å². The molecule has 0 saturated carbocycles. The number of benzene rings is 2. The van der Waals surface area contributed by atoms with Gasteiger partial charge in [0.15, 0.2) is 5.76 Å². The zero-order chi connectivity index (χ0) is 21.8. The summed E-state index contributed by atoms with van der Waals surface area (Å²) in [4.78, 5) is 12.5. The third-order valence-electron chi connectivity index (χ3n) is 4.45. The van der Waals surface area contributed by atoms with E-state index in [4.69, 9.17) is 8.83 Å². The summed E-state index contributed by atoms with van der Waals surface area (Å²) in [6.45, 7) is 0.237. The number of aromatic nitrogens is 2. The predicted octanol–water partition coefficient (Wildman–Crippen LogP) is 3.40. The van der Waals surface area contributed by atoms with Crippen LogP contribution in [0, 0.1) is 0 Å². The molecule has 4 aromatic rings. The van der Waals surface area contributed by atoms with Crippen molar-refractivity contribution in [3.63, 3.8) is 0 Å². The molecule has 0 unspecified atom stereocenters. The van der Waals surface area contributed by atoms with Crippen molar-refractivity contribution >= 4 is 21.9 Å². The molecular weight excluding hydrogens is 420 g/mol. The van der Waals surface area contributed by atoms with Crippen molar-refractivity contribution in [1.29, 1.82) is 0 Å². The van der Waals surface area contributed by atoms with E-state index in [1.54, 1.807) is 12.1 Å². The molecule has 10 heteroatoms. The number of rotatable bonds is 7. The monoisotopic (exact) mass is 438 g/mol. The van der Waals surface area contributed by atoms with E-state index < -0.39 is 15.9 Å². The summed E-state index contributed by atoms with van der Waals surface area (Å²) in [6, 6.07) is 18.1. The van der Waals surface area contributed by atoms with Crippen LogP contribution in [-0.2, 0) is 16.6 Å². The molecule has 9 nitrogen and oxygen atoms in total. The van der Waals surface area contributed by atoms with E-state index in [9.17, 15) is 13.2 Å². The van der Waals surface area contributed by atoms with Gasteiger partial charge in [-0.2, -0.15) is 4.31 Å². The van der Waals surface area contributed by atoms with E-state index in [0.29, 0.717) is 5.76 Å². The Morgan fingerprint density at radius 1 is 1.00 bits per heavy atom. The number of nitrogens with zero attached hydrogens (tertiary/aromatic N) is 3. The molecule has 0 spiro atoms. The second-order valence-corrected chi connectivity index (χ2v) is 8.66. The van der Waals surface area contributed by atoms with Gasteiger partial charge in [-0.1, -0.05) is 35.4 Å². The first-order valence-corrected chi connectivity index (χ1v) is 10.7. The summed E-state index contributed by atoms with van der Waals surface area (Å²) in [5.74, 6) is -0.0124. The molecule has 2 aromatic carbocycles. The van der Waals surface area contributed by atoms with Crippen LogP contribution in [-0.4, -0.2) is 35.9 Å². The number of hydrogen-bond donors (Lipinski definition) is 1. The Bertz CT molecular complexity index is 1270. The lowest BCUT2D eigenvalue weighted by Crippen LogP contribution is -2.26. The van der Waals surface area contributed by atoms with Crippen LogP contribution in [0.5, 0.6) is 0 Å². The molecule has 0 aliphatic heterocycles. The number of hydrogen-bond acceptors (Lipinski definition) is 7. The van der Waals surface area contributed by atoms with Crippen LogP contribution in [0.1, 0.15) is 15.9 Å². The minimum absolute atomic E-state index is 0.0837. The summed E-state index contributed by atoms with van der Waals surface area (Å²) in [6.07, 6.45) is 1.46. The van der Waals surface area contributed by atoms with Gasteiger partial charge in [0, 0.05) is 19.2 Å². The third-order valence-corrected chi connectivity index (χ3v) is 6.27. The average Bonchev–Trinajstić information content (AvgIpc) is 3.46. The van der Waals surface area contributed by atoms with E-state index in [2.05, 4.69) is 15.5 Å². The molecule has 31 heavy (non-hydrogen) atoms. The smallest absolute Gasteiger partial charge is 0.322 e. The minimum Gasteiger partial charge on any atom is -0.459 e. The van der Waals surface area contributed by atoms with Crippen molar-refractivity contribution in [2.45, 2.75) is 11.4 Å². The second kappa shape index (κ2) is 8.54. The Balaban J connectivity index is 1.44. The first-order chi connectivity index (χ1) is 14.9. The molecule has 158 valence electrons. The van der Waals surface area contributed by atoms with E-state index in [0.717, 1.165) is 5.56 Å². The maximum Gasteiger partial charge on any atom is 0.322 e. The molecule has 0 fully saturated rings. The maximum atomic E-state index is 12.8. The third kappa shape index (κ3) is 4.55. The van der Waals surface area contributed by atoms with Crippen LogP contribution < -0.4 is 5.32 Å². The fourth-order valence-electron chi connectivity index (χ4n) is 2.83. The van der Waals surface area contributed by atoms with Crippen molar-refractivity contribution in [2.75, 3.05) is 12.4 Å². The molecule has 1 amide bonds. The lowest BCUT2D eigenvalue weighted by atomic mass is 10.2. The number of anilines is 1. The zero-order valence-corrected chi connectivity index (χ0v) is 17.2. The highest BCUT2D eigenvalue weighted by atomic mass is 32.2. The molecule has 0 bridgehead atoms. The van der Waals surface area contributed by atoms with Crippen molar-refractivity contribution in [3.8, 4) is 11.7 Å². The van der Waals surface area contributed by atoms with Gasteiger partial charge in [-0.15, -0.1) is 5.10 Å². The van der Waals surface area contributed by atoms with Crippen LogP contribution in [0.4, 0.5) is 6.01 Å². The molecule has 0 aliphatic rings. The molecule has 0 radical (unpaired) electrons. The summed E-state index contributed by atoms with van der Waals surface area (Å²) < 4.78 is 37.4. The highest BCUT2D eigenvalue weighted by Crippen LogP contribution is 2.21. The van der Waals surface area contributed by atoms with Crippen molar-refractivity contribution in [1.82, 2.24) is 14.5 Å². The van der Waals surface area contributed by atoms with Gasteiger partial charge >= 0.3 is 6.01 Å². The molecule has 0 atom stereocenters. The summed E-state index contributed by atoms with van der Waals surface area (Å²) in [7, 11) is -2.20. The SMILES string of the molecule is CN(Cc1ccccc1)S(=O)(=O)c1ccc(C(=O)Nc2nnc(-c3ccco3)o2)cc1. The van der Waals surface area contributed by atoms with Crippen LogP contribution in [0.2, 0.25) is 0 Å². The van der Waals surface area contributed by atoms with Crippen LogP contribution in [0.3, 0.4) is 0 Å². The lowest BCUT2D eigenvalue weighted by molar-refractivity contribution is 0.102. The van der Waals surface area contributed by atoms with Crippen molar-refractivity contribution < 1.29 is 22.0 Å². The molecule has 2 heterocycles. The van der Waals surface area contributed by atoms with Crippen LogP contribution >= 0.6 is 0 Å². The minimum atomic E-state index is -3.71. The molecule has 4 rings (SSSR count). The Labute approximate surface area is 178 Å². The fraction of sp³-hybridized carbons (Fsp3) is 0.0952. The number of amides is 1. The summed E-state index contributed by atoms with van der Waals surface area (Å²) in [5, 5.41) is 10.0. The Morgan fingerprint density at radius 2 is 1.74 bits per heavy atom. The molecule has 0 saturated heterocycles. The summed E-state index contributed by atoms with van der Waals surface area (Å²) >= 11 is 0. The maximum absolute atomic E-state index is 12.8. The Morgan fingerprint density at radius 3 is 2.42 bits per heavy atom. The van der Waals surface area contributed by atoms with Gasteiger partial charge in [-0.3, -0.25) is 10.1 Å². The quantitative estimate of drug-likeness (QED) is 0.470. The van der Waals surface area contributed by atoms with Gasteiger partial charge < -0.3 is 8.83 Å². The van der Waals surface area contributed by atoms with E-state index in [-0.39, 0.29) is 28.9 Å². The van der Waals surface area contributed by atoms with E-state index >= 15 is 0 Å². The predicted molar refractivity (Wildman–Crippen MR) is 111 cm³/mol. The normalized spacial score (nSPS) is 11.5. The van der Waals surface area contributed by atoms with Crippen LogP contribution in [0.25, 0.3) is 11.7 Å². The first-order valence-electron chi connectivity index (χ1n) is 9.22. The van der Waals surface area contributed by atoms with Gasteiger partial charge in [0.25, 0.3) is 11.8 Å². The van der Waals surface area contributed by atoms with Gasteiger partial charge in [-0.25, -0.2) is 8.42 Å². The van der Waals surface area contributed by atoms with Crippen molar-refractivity contribution in [3.05, 3.63) is 84.1 Å². The number of furan rings is 1. The van der Waals surface area contributed by atoms with Crippen LogP contribution in [0.15, 0.2) is 86.7 Å². The molecule has 2 aromatic heterocycles. The number of carbonyl (C=O) groups excluding carboxylic acids is 1. The Hall–Kier alpha value is -3.76. The van der Waals surface area contributed by atoms with E-state index in [1.165, 1.54) is 41.9 Å². The fourth-order valence-corrected chi connectivity index (χ4v) is 3.99. The van der Waals surface area contributed by atoms with Gasteiger partial charge in [0.1, 0.15) is 0 Å². The van der Waals surface area contributed by atoms with Gasteiger partial charge in [0.2, 0.25) is 10.0 Å². The van der Waals surface area contributed by atoms with Crippen molar-refractivity contribution in [2.24, 2.45) is 0 Å². The molecule has 0 aliphatic carbocycles. The number of sulfonamides is 1. The Kier molecular flexibility index (Phi) is 5.65. The summed E-state index contributed by atoms with van der Waals surface area (Å²) in [5.41, 5.74) is 1.11. The lowest BCUT2D eigenvalue weighted by Gasteiger charge is -2.17. The standard InChI is InChI=1S/C21H18N4O5S/c1-25(14-15-6-3-2-4-7-15)31(27,28)17-11-9-16(10-12-17)19(26)22-21-24-23-20(30-21)18-8-5-13-29-18/h2-13H,14H2,1H3,(H,22,24,26). The molecule has 1 N–H and O–H groups in total. The average molecular weight is 438 g/mol. The highest BCUT2D eigenvalue weighted by Gasteiger charge is 2.21. The second-order valence-electron chi connectivity index (χ2n) is 6.61. The topological polar surface area (TPSA) is 119 Å². The highest BCUT2D eigenvalue weighted by molar-refractivity contribution is 7.89. The first kappa shape index (κ1) is 20.5.